The Kier molecular flexibility index (Phi) is 4.46. The van der Waals surface area contributed by atoms with Gasteiger partial charge in [-0.25, -0.2) is 0 Å². The lowest BCUT2D eigenvalue weighted by Gasteiger charge is -1.97. The molecule has 0 saturated heterocycles. The van der Waals surface area contributed by atoms with Crippen LogP contribution in [0, 0.1) is 0 Å². The van der Waals surface area contributed by atoms with E-state index in [9.17, 15) is 0 Å². The van der Waals surface area contributed by atoms with Gasteiger partial charge in [-0.2, -0.15) is 0 Å². The standard InChI is InChI=1S/C14H14Br2O/c1-2-12-11(8-9-15)13(16)14(17-12)10-6-4-3-5-7-10/h3-7H,2,8-9H2,1H3. The van der Waals surface area contributed by atoms with Crippen molar-refractivity contribution >= 4 is 31.9 Å². The first-order valence-corrected chi connectivity index (χ1v) is 7.60. The van der Waals surface area contributed by atoms with Crippen LogP contribution in [0.3, 0.4) is 0 Å². The van der Waals surface area contributed by atoms with Crippen molar-refractivity contribution in [2.45, 2.75) is 19.8 Å². The first-order valence-electron chi connectivity index (χ1n) is 5.69. The Labute approximate surface area is 118 Å². The van der Waals surface area contributed by atoms with E-state index in [1.165, 1.54) is 5.56 Å². The van der Waals surface area contributed by atoms with Crippen molar-refractivity contribution in [3.63, 3.8) is 0 Å². The van der Waals surface area contributed by atoms with Gasteiger partial charge in [0.05, 0.1) is 4.47 Å². The molecule has 3 heteroatoms. The fraction of sp³-hybridized carbons (Fsp3) is 0.286. The third-order valence-corrected chi connectivity index (χ3v) is 3.96. The molecule has 0 aliphatic carbocycles. The molecule has 90 valence electrons. The van der Waals surface area contributed by atoms with Gasteiger partial charge in [0.2, 0.25) is 0 Å². The third kappa shape index (κ3) is 2.66. The highest BCUT2D eigenvalue weighted by atomic mass is 79.9. The van der Waals surface area contributed by atoms with Crippen LogP contribution >= 0.6 is 31.9 Å². The zero-order valence-corrected chi connectivity index (χ0v) is 12.8. The molecule has 2 aromatic rings. The third-order valence-electron chi connectivity index (χ3n) is 2.73. The smallest absolute Gasteiger partial charge is 0.148 e. The van der Waals surface area contributed by atoms with Crippen LogP contribution in [0.5, 0.6) is 0 Å². The van der Waals surface area contributed by atoms with E-state index in [4.69, 9.17) is 4.42 Å². The van der Waals surface area contributed by atoms with E-state index in [0.717, 1.165) is 39.7 Å². The lowest BCUT2D eigenvalue weighted by Crippen LogP contribution is -1.89. The van der Waals surface area contributed by atoms with Crippen LogP contribution in [0.4, 0.5) is 0 Å². The van der Waals surface area contributed by atoms with Gasteiger partial charge in [-0.3, -0.25) is 0 Å². The van der Waals surface area contributed by atoms with E-state index in [2.05, 4.69) is 50.9 Å². The van der Waals surface area contributed by atoms with Crippen LogP contribution < -0.4 is 0 Å². The van der Waals surface area contributed by atoms with E-state index in [0.29, 0.717) is 0 Å². The number of rotatable bonds is 4. The predicted octanol–water partition coefficient (Wildman–Crippen LogP) is 5.21. The van der Waals surface area contributed by atoms with Crippen molar-refractivity contribution in [1.29, 1.82) is 0 Å². The Hall–Kier alpha value is -0.540. The van der Waals surface area contributed by atoms with Crippen molar-refractivity contribution in [2.24, 2.45) is 0 Å². The molecule has 0 aliphatic rings. The van der Waals surface area contributed by atoms with Gasteiger partial charge in [0.1, 0.15) is 11.5 Å². The molecule has 1 nitrogen and oxygen atoms in total. The minimum Gasteiger partial charge on any atom is -0.460 e. The van der Waals surface area contributed by atoms with Crippen LogP contribution in [0.1, 0.15) is 18.2 Å². The van der Waals surface area contributed by atoms with Gasteiger partial charge in [-0.05, 0) is 22.4 Å². The number of benzene rings is 1. The summed E-state index contributed by atoms with van der Waals surface area (Å²) in [5.41, 5.74) is 2.40. The summed E-state index contributed by atoms with van der Waals surface area (Å²) in [6, 6.07) is 10.2. The number of furan rings is 1. The van der Waals surface area contributed by atoms with Gasteiger partial charge in [-0.1, -0.05) is 53.2 Å². The summed E-state index contributed by atoms with van der Waals surface area (Å²) in [5, 5.41) is 0.951. The Morgan fingerprint density at radius 2 is 1.88 bits per heavy atom. The first kappa shape index (κ1) is 12.9. The monoisotopic (exact) mass is 356 g/mol. The molecule has 1 aromatic heterocycles. The van der Waals surface area contributed by atoms with Gasteiger partial charge in [0.15, 0.2) is 0 Å². The molecule has 0 atom stereocenters. The average molecular weight is 358 g/mol. The summed E-state index contributed by atoms with van der Waals surface area (Å²) in [5.74, 6) is 2.02. The minimum atomic E-state index is 0.924. The molecule has 2 rings (SSSR count). The number of hydrogen-bond donors (Lipinski definition) is 0. The number of alkyl halides is 1. The Balaban J connectivity index is 2.49. The fourth-order valence-corrected chi connectivity index (χ4v) is 3.02. The number of halogens is 2. The molecule has 0 unspecified atom stereocenters. The summed E-state index contributed by atoms with van der Waals surface area (Å²) in [6.45, 7) is 2.12. The predicted molar refractivity (Wildman–Crippen MR) is 78.7 cm³/mol. The second-order valence-corrected chi connectivity index (χ2v) is 5.39. The molecule has 0 N–H and O–H groups in total. The zero-order chi connectivity index (χ0) is 12.3. The van der Waals surface area contributed by atoms with Crippen molar-refractivity contribution in [3.8, 4) is 11.3 Å². The molecule has 0 amide bonds. The molecule has 0 spiro atoms. The Morgan fingerprint density at radius 3 is 2.47 bits per heavy atom. The highest BCUT2D eigenvalue weighted by Gasteiger charge is 2.17. The molecule has 17 heavy (non-hydrogen) atoms. The maximum absolute atomic E-state index is 5.97. The van der Waals surface area contributed by atoms with Crippen LogP contribution in [0.25, 0.3) is 11.3 Å². The van der Waals surface area contributed by atoms with Gasteiger partial charge in [0.25, 0.3) is 0 Å². The minimum absolute atomic E-state index is 0.924. The largest absolute Gasteiger partial charge is 0.460 e. The average Bonchev–Trinajstić information content (AvgIpc) is 2.69. The van der Waals surface area contributed by atoms with Crippen LogP contribution in [0.15, 0.2) is 39.2 Å². The van der Waals surface area contributed by atoms with Crippen LogP contribution in [-0.4, -0.2) is 5.33 Å². The summed E-state index contributed by atoms with van der Waals surface area (Å²) < 4.78 is 7.06. The molecule has 0 aliphatic heterocycles. The summed E-state index contributed by atoms with van der Waals surface area (Å²) in [6.07, 6.45) is 1.91. The highest BCUT2D eigenvalue weighted by molar-refractivity contribution is 9.10. The normalized spacial score (nSPS) is 10.8. The van der Waals surface area contributed by atoms with Crippen molar-refractivity contribution in [2.75, 3.05) is 5.33 Å². The number of hydrogen-bond acceptors (Lipinski definition) is 1. The quantitative estimate of drug-likeness (QED) is 0.684. The van der Waals surface area contributed by atoms with Crippen LogP contribution in [0.2, 0.25) is 0 Å². The maximum atomic E-state index is 5.97. The van der Waals surface area contributed by atoms with E-state index in [-0.39, 0.29) is 0 Å². The topological polar surface area (TPSA) is 13.1 Å². The van der Waals surface area contributed by atoms with Gasteiger partial charge >= 0.3 is 0 Å². The molecule has 0 bridgehead atoms. The van der Waals surface area contributed by atoms with Crippen molar-refractivity contribution < 1.29 is 4.42 Å². The summed E-state index contributed by atoms with van der Waals surface area (Å²) in [7, 11) is 0. The van der Waals surface area contributed by atoms with E-state index < -0.39 is 0 Å². The van der Waals surface area contributed by atoms with E-state index >= 15 is 0 Å². The van der Waals surface area contributed by atoms with E-state index in [1.807, 2.05) is 18.2 Å². The Bertz CT molecular complexity index is 488. The zero-order valence-electron chi connectivity index (χ0n) is 9.67. The van der Waals surface area contributed by atoms with Gasteiger partial charge in [-0.15, -0.1) is 0 Å². The molecule has 0 fully saturated rings. The highest BCUT2D eigenvalue weighted by Crippen LogP contribution is 2.36. The van der Waals surface area contributed by atoms with Crippen molar-refractivity contribution in [1.82, 2.24) is 0 Å². The summed E-state index contributed by atoms with van der Waals surface area (Å²) in [4.78, 5) is 0. The second-order valence-electron chi connectivity index (χ2n) is 3.81. The molecule has 0 radical (unpaired) electrons. The Morgan fingerprint density at radius 1 is 1.18 bits per heavy atom. The summed E-state index contributed by atoms with van der Waals surface area (Å²) >= 11 is 7.15. The molecule has 1 heterocycles. The lowest BCUT2D eigenvalue weighted by atomic mass is 10.1. The first-order chi connectivity index (χ1) is 8.27. The molecule has 1 aromatic carbocycles. The molecular formula is C14H14Br2O. The van der Waals surface area contributed by atoms with Crippen LogP contribution in [-0.2, 0) is 12.8 Å². The molecule has 0 saturated carbocycles. The maximum Gasteiger partial charge on any atom is 0.148 e. The fourth-order valence-electron chi connectivity index (χ4n) is 1.89. The SMILES string of the molecule is CCc1oc(-c2ccccc2)c(Br)c1CCBr. The van der Waals surface area contributed by atoms with Gasteiger partial charge in [0, 0.05) is 22.9 Å². The molecular weight excluding hydrogens is 344 g/mol. The van der Waals surface area contributed by atoms with Gasteiger partial charge < -0.3 is 4.42 Å². The van der Waals surface area contributed by atoms with E-state index in [1.54, 1.807) is 0 Å². The number of aryl methyl sites for hydroxylation is 1. The lowest BCUT2D eigenvalue weighted by molar-refractivity contribution is 0.524. The van der Waals surface area contributed by atoms with Crippen molar-refractivity contribution in [3.05, 3.63) is 46.1 Å². The second kappa shape index (κ2) is 5.87.